The van der Waals surface area contributed by atoms with Crippen LogP contribution in [0.25, 0.3) is 0 Å². The molecule has 0 aromatic carbocycles. The van der Waals surface area contributed by atoms with E-state index in [-0.39, 0.29) is 83.2 Å². The van der Waals surface area contributed by atoms with Gasteiger partial charge in [0, 0.05) is 42.9 Å². The SMILES string of the molecule is CCC(C)(C)C(=O)OC1(CC)C2CC3CC(C2)CC1C3.CCC(C)(C)C(=O)OC12CC3CC(O)(CC(O)(C3)C1)C2.CCC(C)(C)C(=O)OCC(=O)OC1C2CC3C(=O)OC1C3C2.CCC(C)(C)C(=O)OCC(=O)OC1C2CC3C1OC(=O)C3(C#N)C2. The number of fused-ring (bicyclic) bond motifs is 2. The fourth-order valence-electron chi connectivity index (χ4n) is 17.7. The topological polar surface area (TPSA) is 275 Å². The molecular formula is C67H99NO18. The van der Waals surface area contributed by atoms with Gasteiger partial charge in [-0.3, -0.25) is 28.8 Å². The first-order chi connectivity index (χ1) is 40.1. The Hall–Kier alpha value is -4.83. The highest BCUT2D eigenvalue weighted by Gasteiger charge is 2.73. The summed E-state index contributed by atoms with van der Waals surface area (Å²) in [6, 6.07) is 2.10. The number of esters is 8. The predicted octanol–water partition coefficient (Wildman–Crippen LogP) is 9.55. The van der Waals surface area contributed by atoms with Crippen molar-refractivity contribution >= 4 is 47.8 Å². The van der Waals surface area contributed by atoms with Crippen LogP contribution in [0.15, 0.2) is 0 Å². The van der Waals surface area contributed by atoms with Crippen molar-refractivity contribution in [3.8, 4) is 6.07 Å². The number of hydrogen-bond donors (Lipinski definition) is 2. The number of aliphatic hydroxyl groups is 2. The summed E-state index contributed by atoms with van der Waals surface area (Å²) < 4.78 is 43.7. The number of carbonyl (C=O) groups is 8. The van der Waals surface area contributed by atoms with Gasteiger partial charge in [-0.05, 0) is 194 Å². The van der Waals surface area contributed by atoms with Crippen LogP contribution in [0.1, 0.15) is 218 Å². The molecule has 12 aliphatic carbocycles. The van der Waals surface area contributed by atoms with E-state index in [0.29, 0.717) is 56.8 Å². The van der Waals surface area contributed by atoms with Gasteiger partial charge in [-0.15, -0.1) is 0 Å². The Morgan fingerprint density at radius 2 is 1.03 bits per heavy atom. The van der Waals surface area contributed by atoms with E-state index in [4.69, 9.17) is 37.9 Å². The van der Waals surface area contributed by atoms with Gasteiger partial charge in [-0.25, -0.2) is 9.59 Å². The molecule has 14 rings (SSSR count). The standard InChI is InChI=1S/C18H30O2.C17H21NO6.C16H22O6.C16H26O4/c1-5-17(3,4)16(19)20-18(6-2)14-8-12-7-13(10-14)11-15(18)9-12;1-4-16(2,3)14(20)22-7-11(19)23-12-9-5-10-13(12)24-15(21)17(10,6-9)8-18;1-4-16(2,3)15(19)20-7-11(17)21-12-8-5-9-10(6-8)14(18)22-13(9)12;1-4-13(2,3)12(17)20-16-7-11-5-14(18,9-16)8-15(19,6-11)10-16/h12-15H,5-11H2,1-4H3;9-10,12-13H,4-7H2,1-3H3;8-10,12-13H,4-7H2,1-3H3;11,18-19H,4-10H2,1-3H3. The van der Waals surface area contributed by atoms with Crippen LogP contribution in [0.5, 0.6) is 0 Å². The Bertz CT molecular complexity index is 2660. The minimum absolute atomic E-state index is 0.00636. The second-order valence-corrected chi connectivity index (χ2v) is 31.2. The van der Waals surface area contributed by atoms with Gasteiger partial charge in [-0.2, -0.15) is 5.26 Å². The van der Waals surface area contributed by atoms with Crippen LogP contribution in [-0.4, -0.2) is 118 Å². The van der Waals surface area contributed by atoms with Gasteiger partial charge in [0.05, 0.1) is 44.8 Å². The number of nitrogens with zero attached hydrogens (tertiary/aromatic N) is 1. The Labute approximate surface area is 508 Å². The summed E-state index contributed by atoms with van der Waals surface area (Å²) in [4.78, 5) is 96.3. The molecule has 0 spiro atoms. The van der Waals surface area contributed by atoms with Crippen molar-refractivity contribution in [3.05, 3.63) is 0 Å². The molecule has 0 amide bonds. The van der Waals surface area contributed by atoms with E-state index in [1.54, 1.807) is 27.7 Å². The minimum Gasteiger partial charge on any atom is -0.458 e. The van der Waals surface area contributed by atoms with E-state index in [1.165, 1.54) is 32.1 Å². The summed E-state index contributed by atoms with van der Waals surface area (Å²) in [5.41, 5.74) is -5.62. The maximum absolute atomic E-state index is 12.6. The van der Waals surface area contributed by atoms with Crippen molar-refractivity contribution in [2.24, 2.45) is 86.3 Å². The zero-order valence-electron chi connectivity index (χ0n) is 53.5. The number of ether oxygens (including phenoxy) is 8. The molecule has 480 valence electrons. The summed E-state index contributed by atoms with van der Waals surface area (Å²) in [5, 5.41) is 30.6. The van der Waals surface area contributed by atoms with Crippen molar-refractivity contribution in [1.82, 2.24) is 0 Å². The lowest BCUT2D eigenvalue weighted by molar-refractivity contribution is -0.264. The quantitative estimate of drug-likeness (QED) is 0.101. The molecule has 19 heteroatoms. The number of hydrogen-bond acceptors (Lipinski definition) is 19. The number of nitriles is 1. The molecule has 0 aromatic rings. The van der Waals surface area contributed by atoms with Gasteiger partial charge in [-0.1, -0.05) is 34.6 Å². The van der Waals surface area contributed by atoms with E-state index in [1.807, 2.05) is 48.5 Å². The Morgan fingerprint density at radius 3 is 1.50 bits per heavy atom. The maximum atomic E-state index is 12.6. The first-order valence-corrected chi connectivity index (χ1v) is 32.6. The Balaban J connectivity index is 0.000000137. The van der Waals surface area contributed by atoms with Crippen LogP contribution in [0.2, 0.25) is 0 Å². The lowest BCUT2D eigenvalue weighted by Crippen LogP contribution is -2.67. The zero-order chi connectivity index (χ0) is 63.1. The maximum Gasteiger partial charge on any atom is 0.344 e. The smallest absolute Gasteiger partial charge is 0.344 e. The molecule has 12 saturated carbocycles. The van der Waals surface area contributed by atoms with Crippen LogP contribution >= 0.6 is 0 Å². The normalized spacial score (nSPS) is 39.9. The second-order valence-electron chi connectivity index (χ2n) is 31.2. The van der Waals surface area contributed by atoms with Crippen LogP contribution in [0, 0.1) is 97.6 Å². The van der Waals surface area contributed by atoms with Gasteiger partial charge in [0.25, 0.3) is 0 Å². The summed E-state index contributed by atoms with van der Waals surface area (Å²) >= 11 is 0. The van der Waals surface area contributed by atoms with E-state index in [2.05, 4.69) is 19.9 Å². The van der Waals surface area contributed by atoms with E-state index in [9.17, 15) is 53.8 Å². The van der Waals surface area contributed by atoms with Crippen LogP contribution in [0.4, 0.5) is 0 Å². The van der Waals surface area contributed by atoms with Crippen molar-refractivity contribution in [1.29, 1.82) is 5.26 Å². The number of rotatable bonds is 17. The van der Waals surface area contributed by atoms with Crippen LogP contribution < -0.4 is 0 Å². The Kier molecular flexibility index (Phi) is 17.9. The third kappa shape index (κ3) is 12.2. The van der Waals surface area contributed by atoms with Crippen molar-refractivity contribution < 1.29 is 86.5 Å². The van der Waals surface area contributed by atoms with E-state index < -0.39 is 87.1 Å². The van der Waals surface area contributed by atoms with Gasteiger partial charge in [0.15, 0.2) is 18.6 Å². The molecule has 14 fully saturated rings. The fourth-order valence-corrected chi connectivity index (χ4v) is 17.7. The predicted molar refractivity (Wildman–Crippen MR) is 308 cm³/mol. The molecule has 2 aliphatic heterocycles. The minimum atomic E-state index is -1.06. The van der Waals surface area contributed by atoms with Crippen molar-refractivity contribution in [2.75, 3.05) is 13.2 Å². The number of carbonyl (C=O) groups excluding carboxylic acids is 8. The molecule has 2 heterocycles. The lowest BCUT2D eigenvalue weighted by Gasteiger charge is -2.62. The van der Waals surface area contributed by atoms with Crippen LogP contribution in [0.3, 0.4) is 0 Å². The fraction of sp³-hybridized carbons (Fsp3) is 0.866. The van der Waals surface area contributed by atoms with E-state index >= 15 is 0 Å². The molecule has 2 saturated heterocycles. The van der Waals surface area contributed by atoms with Crippen molar-refractivity contribution in [2.45, 2.75) is 265 Å². The van der Waals surface area contributed by atoms with E-state index in [0.717, 1.165) is 63.2 Å². The molecule has 12 unspecified atom stereocenters. The molecule has 2 N–H and O–H groups in total. The summed E-state index contributed by atoms with van der Waals surface area (Å²) in [6.45, 7) is 24.1. The van der Waals surface area contributed by atoms with Crippen molar-refractivity contribution in [3.63, 3.8) is 0 Å². The molecule has 86 heavy (non-hydrogen) atoms. The zero-order valence-corrected chi connectivity index (χ0v) is 53.5. The highest BCUT2D eigenvalue weighted by Crippen LogP contribution is 2.64. The van der Waals surface area contributed by atoms with Gasteiger partial charge >= 0.3 is 47.8 Å². The molecule has 14 aliphatic rings. The van der Waals surface area contributed by atoms with Crippen LogP contribution in [-0.2, 0) is 76.3 Å². The average Bonchev–Trinajstić information content (AvgIpc) is 1.16. The molecule has 19 nitrogen and oxygen atoms in total. The molecular weight excluding hydrogens is 1110 g/mol. The van der Waals surface area contributed by atoms with Gasteiger partial charge in [0.2, 0.25) is 0 Å². The second kappa shape index (κ2) is 23.5. The first-order valence-electron chi connectivity index (χ1n) is 32.6. The summed E-state index contributed by atoms with van der Waals surface area (Å²) in [7, 11) is 0. The summed E-state index contributed by atoms with van der Waals surface area (Å²) in [5.74, 6) is 0.603. The molecule has 12 atom stereocenters. The third-order valence-corrected chi connectivity index (χ3v) is 23.7. The molecule has 12 bridgehead atoms. The highest BCUT2D eigenvalue weighted by molar-refractivity contribution is 5.85. The first kappa shape index (κ1) is 65.6. The summed E-state index contributed by atoms with van der Waals surface area (Å²) in [6.07, 6.45) is 15.0. The largest absolute Gasteiger partial charge is 0.458 e. The third-order valence-electron chi connectivity index (χ3n) is 23.7. The lowest BCUT2D eigenvalue weighted by atomic mass is 9.49. The Morgan fingerprint density at radius 1 is 0.558 bits per heavy atom. The molecule has 0 aromatic heterocycles. The average molecular weight is 1210 g/mol. The van der Waals surface area contributed by atoms with Gasteiger partial charge < -0.3 is 48.1 Å². The van der Waals surface area contributed by atoms with Gasteiger partial charge in [0.1, 0.15) is 35.6 Å². The monoisotopic (exact) mass is 1210 g/mol. The highest BCUT2D eigenvalue weighted by atomic mass is 16.6. The molecule has 0 radical (unpaired) electrons.